The molecular weight excluding hydrogens is 194 g/mol. The Balaban J connectivity index is 2.64. The van der Waals surface area contributed by atoms with Gasteiger partial charge >= 0.3 is 5.97 Å². The minimum Gasteiger partial charge on any atom is -0.468 e. The third-order valence-corrected chi connectivity index (χ3v) is 3.35. The lowest BCUT2D eigenvalue weighted by molar-refractivity contribution is -0.150. The van der Waals surface area contributed by atoms with Gasteiger partial charge in [0.1, 0.15) is 5.54 Å². The van der Waals surface area contributed by atoms with Crippen LogP contribution in [0.4, 0.5) is 0 Å². The maximum atomic E-state index is 11.8. The molecule has 15 heavy (non-hydrogen) atoms. The molecule has 0 spiro atoms. The summed E-state index contributed by atoms with van der Waals surface area (Å²) in [4.78, 5) is 11.8. The Kier molecular flexibility index (Phi) is 4.54. The normalized spacial score (nSPS) is 30.5. The zero-order valence-corrected chi connectivity index (χ0v) is 9.84. The van der Waals surface area contributed by atoms with Crippen molar-refractivity contribution in [2.75, 3.05) is 27.4 Å². The summed E-state index contributed by atoms with van der Waals surface area (Å²) in [6, 6.07) is 0. The highest BCUT2D eigenvalue weighted by atomic mass is 16.5. The van der Waals surface area contributed by atoms with Gasteiger partial charge in [-0.3, -0.25) is 10.1 Å². The highest BCUT2D eigenvalue weighted by molar-refractivity contribution is 5.81. The largest absolute Gasteiger partial charge is 0.468 e. The molecule has 1 aliphatic rings. The van der Waals surface area contributed by atoms with Crippen molar-refractivity contribution >= 4 is 5.97 Å². The number of hydrogen-bond donors (Lipinski definition) is 1. The maximum absolute atomic E-state index is 11.8. The fourth-order valence-electron chi connectivity index (χ4n) is 2.38. The summed E-state index contributed by atoms with van der Waals surface area (Å²) in [6.45, 7) is 3.41. The van der Waals surface area contributed by atoms with E-state index in [9.17, 15) is 4.79 Å². The number of nitrogens with one attached hydrogen (secondary N) is 1. The van der Waals surface area contributed by atoms with Crippen molar-refractivity contribution < 1.29 is 14.3 Å². The molecule has 1 N–H and O–H groups in total. The lowest BCUT2D eigenvalue weighted by Crippen LogP contribution is -2.55. The van der Waals surface area contributed by atoms with E-state index in [1.54, 1.807) is 7.11 Å². The molecule has 0 amide bonds. The third kappa shape index (κ3) is 2.49. The Bertz CT molecular complexity index is 220. The van der Waals surface area contributed by atoms with E-state index in [1.807, 2.05) is 0 Å². The quantitative estimate of drug-likeness (QED) is 0.548. The smallest absolute Gasteiger partial charge is 0.326 e. The SMILES string of the molecule is COCCNC1(C(=O)OC)CCCC1C. The summed E-state index contributed by atoms with van der Waals surface area (Å²) >= 11 is 0. The van der Waals surface area contributed by atoms with Crippen molar-refractivity contribution in [2.24, 2.45) is 5.92 Å². The number of esters is 1. The summed E-state index contributed by atoms with van der Waals surface area (Å²) in [7, 11) is 3.11. The summed E-state index contributed by atoms with van der Waals surface area (Å²) in [6.07, 6.45) is 3.02. The predicted molar refractivity (Wildman–Crippen MR) is 57.6 cm³/mol. The zero-order valence-electron chi connectivity index (χ0n) is 9.84. The average Bonchev–Trinajstić information content (AvgIpc) is 2.61. The number of rotatable bonds is 5. The van der Waals surface area contributed by atoms with Crippen LogP contribution in [0, 0.1) is 5.92 Å². The van der Waals surface area contributed by atoms with Crippen LogP contribution < -0.4 is 5.32 Å². The van der Waals surface area contributed by atoms with Crippen molar-refractivity contribution in [3.8, 4) is 0 Å². The molecule has 4 heteroatoms. The van der Waals surface area contributed by atoms with Gasteiger partial charge in [-0.1, -0.05) is 13.3 Å². The molecule has 88 valence electrons. The molecule has 0 aromatic carbocycles. The van der Waals surface area contributed by atoms with Gasteiger partial charge < -0.3 is 9.47 Å². The van der Waals surface area contributed by atoms with Crippen LogP contribution in [0.1, 0.15) is 26.2 Å². The van der Waals surface area contributed by atoms with Crippen LogP contribution in [0.2, 0.25) is 0 Å². The third-order valence-electron chi connectivity index (χ3n) is 3.35. The second-order valence-electron chi connectivity index (χ2n) is 4.18. The van der Waals surface area contributed by atoms with Gasteiger partial charge in [-0.25, -0.2) is 0 Å². The Morgan fingerprint density at radius 1 is 1.53 bits per heavy atom. The van der Waals surface area contributed by atoms with Gasteiger partial charge in [-0.05, 0) is 18.8 Å². The van der Waals surface area contributed by atoms with Gasteiger partial charge in [0, 0.05) is 13.7 Å². The summed E-state index contributed by atoms with van der Waals surface area (Å²) in [5, 5.41) is 3.30. The molecule has 0 radical (unpaired) electrons. The van der Waals surface area contributed by atoms with E-state index in [2.05, 4.69) is 12.2 Å². The first-order chi connectivity index (χ1) is 7.17. The first kappa shape index (κ1) is 12.5. The molecular formula is C11H21NO3. The molecule has 4 nitrogen and oxygen atoms in total. The van der Waals surface area contributed by atoms with Crippen LogP contribution in [0.25, 0.3) is 0 Å². The fourth-order valence-corrected chi connectivity index (χ4v) is 2.38. The molecule has 2 atom stereocenters. The first-order valence-corrected chi connectivity index (χ1v) is 5.49. The lowest BCUT2D eigenvalue weighted by atomic mass is 9.88. The van der Waals surface area contributed by atoms with E-state index in [0.717, 1.165) is 19.3 Å². The van der Waals surface area contributed by atoms with Gasteiger partial charge in [0.05, 0.1) is 13.7 Å². The number of carbonyl (C=O) groups is 1. The molecule has 0 aliphatic heterocycles. The lowest BCUT2D eigenvalue weighted by Gasteiger charge is -2.31. The molecule has 1 saturated carbocycles. The van der Waals surface area contributed by atoms with Crippen LogP contribution >= 0.6 is 0 Å². The molecule has 0 saturated heterocycles. The fraction of sp³-hybridized carbons (Fsp3) is 0.909. The monoisotopic (exact) mass is 215 g/mol. The van der Waals surface area contributed by atoms with Crippen LogP contribution in [0.3, 0.4) is 0 Å². The first-order valence-electron chi connectivity index (χ1n) is 5.49. The second kappa shape index (κ2) is 5.47. The topological polar surface area (TPSA) is 47.6 Å². The molecule has 0 aromatic rings. The van der Waals surface area contributed by atoms with Crippen molar-refractivity contribution in [3.05, 3.63) is 0 Å². The second-order valence-corrected chi connectivity index (χ2v) is 4.18. The van der Waals surface area contributed by atoms with Crippen molar-refractivity contribution in [2.45, 2.75) is 31.7 Å². The molecule has 0 heterocycles. The highest BCUT2D eigenvalue weighted by Gasteiger charge is 2.47. The van der Waals surface area contributed by atoms with Crippen molar-refractivity contribution in [3.63, 3.8) is 0 Å². The Morgan fingerprint density at radius 3 is 2.73 bits per heavy atom. The zero-order chi connectivity index (χ0) is 11.3. The predicted octanol–water partition coefficient (Wildman–Crippen LogP) is 0.954. The van der Waals surface area contributed by atoms with E-state index < -0.39 is 5.54 Å². The van der Waals surface area contributed by atoms with Crippen LogP contribution in [-0.2, 0) is 14.3 Å². The van der Waals surface area contributed by atoms with E-state index in [1.165, 1.54) is 7.11 Å². The van der Waals surface area contributed by atoms with Crippen molar-refractivity contribution in [1.82, 2.24) is 5.32 Å². The summed E-state index contributed by atoms with van der Waals surface area (Å²) in [5.41, 5.74) is -0.479. The molecule has 1 aliphatic carbocycles. The minimum absolute atomic E-state index is 0.136. The summed E-state index contributed by atoms with van der Waals surface area (Å²) < 4.78 is 9.88. The molecule has 1 rings (SSSR count). The van der Waals surface area contributed by atoms with E-state index in [0.29, 0.717) is 19.1 Å². The van der Waals surface area contributed by atoms with E-state index in [-0.39, 0.29) is 5.97 Å². The Labute approximate surface area is 91.3 Å². The van der Waals surface area contributed by atoms with Crippen LogP contribution in [0.5, 0.6) is 0 Å². The van der Waals surface area contributed by atoms with Gasteiger partial charge in [-0.15, -0.1) is 0 Å². The molecule has 2 unspecified atom stereocenters. The standard InChI is InChI=1S/C11H21NO3/c1-9-5-4-6-11(9,10(13)15-3)12-7-8-14-2/h9,12H,4-8H2,1-3H3. The maximum Gasteiger partial charge on any atom is 0.326 e. The number of hydrogen-bond acceptors (Lipinski definition) is 4. The number of carbonyl (C=O) groups excluding carboxylic acids is 1. The minimum atomic E-state index is -0.479. The van der Waals surface area contributed by atoms with Gasteiger partial charge in [0.2, 0.25) is 0 Å². The molecule has 0 bridgehead atoms. The van der Waals surface area contributed by atoms with Crippen LogP contribution in [-0.4, -0.2) is 38.9 Å². The average molecular weight is 215 g/mol. The van der Waals surface area contributed by atoms with E-state index in [4.69, 9.17) is 9.47 Å². The Morgan fingerprint density at radius 2 is 2.27 bits per heavy atom. The van der Waals surface area contributed by atoms with Crippen LogP contribution in [0.15, 0.2) is 0 Å². The van der Waals surface area contributed by atoms with Gasteiger partial charge in [0.15, 0.2) is 0 Å². The number of methoxy groups -OCH3 is 2. The summed E-state index contributed by atoms with van der Waals surface area (Å²) in [5.74, 6) is 0.199. The molecule has 0 aromatic heterocycles. The Hall–Kier alpha value is -0.610. The van der Waals surface area contributed by atoms with E-state index >= 15 is 0 Å². The highest BCUT2D eigenvalue weighted by Crippen LogP contribution is 2.36. The number of ether oxygens (including phenoxy) is 2. The van der Waals surface area contributed by atoms with Gasteiger partial charge in [-0.2, -0.15) is 0 Å². The van der Waals surface area contributed by atoms with Crippen molar-refractivity contribution in [1.29, 1.82) is 0 Å². The van der Waals surface area contributed by atoms with Gasteiger partial charge in [0.25, 0.3) is 0 Å². The molecule has 1 fully saturated rings.